The molecule has 0 radical (unpaired) electrons. The Morgan fingerprint density at radius 2 is 0.895 bits per heavy atom. The third-order valence-corrected chi connectivity index (χ3v) is 11.2. The van der Waals surface area contributed by atoms with Gasteiger partial charge in [0.05, 0.1) is 33.5 Å². The Balaban J connectivity index is 1.18. The predicted octanol–water partition coefficient (Wildman–Crippen LogP) is 15.2. The molecular formula is C54H36N2O. The first kappa shape index (κ1) is 32.8. The number of hydrogen-bond acceptors (Lipinski definition) is 2. The summed E-state index contributed by atoms with van der Waals surface area (Å²) < 4.78 is 9.41. The molecule has 268 valence electrons. The predicted molar refractivity (Wildman–Crippen MR) is 239 cm³/mol. The Morgan fingerprint density at radius 3 is 1.61 bits per heavy atom. The SMILES string of the molecule is c1ccc(-c2ccc(N(c3ccccc3-c3ccccc3)c3ccc(-c4ccccc4-n4c5ccccc5c5ccccc54)c4oc5ccccc5c34)cc2)cc1. The van der Waals surface area contributed by atoms with E-state index in [9.17, 15) is 0 Å². The number of fused-ring (bicyclic) bond motifs is 6. The summed E-state index contributed by atoms with van der Waals surface area (Å²) in [5.41, 5.74) is 15.1. The van der Waals surface area contributed by atoms with Gasteiger partial charge < -0.3 is 13.9 Å². The number of rotatable bonds is 7. The molecular weight excluding hydrogens is 693 g/mol. The summed E-state index contributed by atoms with van der Waals surface area (Å²) in [6.45, 7) is 0. The van der Waals surface area contributed by atoms with Crippen LogP contribution in [0, 0.1) is 0 Å². The van der Waals surface area contributed by atoms with Gasteiger partial charge in [0.2, 0.25) is 0 Å². The van der Waals surface area contributed by atoms with E-state index in [2.05, 4.69) is 228 Å². The summed E-state index contributed by atoms with van der Waals surface area (Å²) in [4.78, 5) is 2.41. The Hall–Kier alpha value is -7.62. The molecule has 0 spiro atoms. The van der Waals surface area contributed by atoms with Gasteiger partial charge in [-0.1, -0.05) is 164 Å². The van der Waals surface area contributed by atoms with Gasteiger partial charge in [-0.15, -0.1) is 0 Å². The van der Waals surface area contributed by atoms with Crippen LogP contribution in [0.3, 0.4) is 0 Å². The molecule has 0 aliphatic heterocycles. The average Bonchev–Trinajstić information content (AvgIpc) is 3.84. The van der Waals surface area contributed by atoms with Crippen molar-refractivity contribution in [3.8, 4) is 39.1 Å². The summed E-state index contributed by atoms with van der Waals surface area (Å²) in [6.07, 6.45) is 0. The van der Waals surface area contributed by atoms with Crippen molar-refractivity contribution in [1.29, 1.82) is 0 Å². The molecule has 0 bridgehead atoms. The molecule has 0 N–H and O–H groups in total. The largest absolute Gasteiger partial charge is 0.455 e. The highest BCUT2D eigenvalue weighted by Crippen LogP contribution is 2.49. The topological polar surface area (TPSA) is 21.3 Å². The standard InChI is InChI=1S/C54H36N2O/c1-3-17-37(18-4-1)38-31-33-40(34-32-38)55(47-26-12-7-21-41(47)39-19-5-2-6-20-39)51-36-35-45(54-53(51)46-25-11-16-30-52(46)57-54)44-24-10-15-29-50(44)56-48-27-13-8-22-42(48)43-23-9-14-28-49(43)56/h1-36H. The van der Waals surface area contributed by atoms with Crippen LogP contribution in [0.4, 0.5) is 17.1 Å². The minimum absolute atomic E-state index is 0.852. The third-order valence-electron chi connectivity index (χ3n) is 11.2. The van der Waals surface area contributed by atoms with Crippen LogP contribution >= 0.6 is 0 Å². The molecule has 2 heterocycles. The maximum atomic E-state index is 7.00. The number of furan rings is 1. The second kappa shape index (κ2) is 13.6. The van der Waals surface area contributed by atoms with E-state index in [0.29, 0.717) is 0 Å². The lowest BCUT2D eigenvalue weighted by atomic mass is 9.97. The van der Waals surface area contributed by atoms with Crippen LogP contribution in [-0.2, 0) is 0 Å². The number of aromatic nitrogens is 1. The minimum atomic E-state index is 0.852. The number of para-hydroxylation sites is 5. The second-order valence-electron chi connectivity index (χ2n) is 14.5. The Labute approximate surface area is 330 Å². The van der Waals surface area contributed by atoms with Crippen molar-refractivity contribution in [3.05, 3.63) is 218 Å². The van der Waals surface area contributed by atoms with Crippen molar-refractivity contribution >= 4 is 60.8 Å². The molecule has 0 amide bonds. The quantitative estimate of drug-likeness (QED) is 0.163. The van der Waals surface area contributed by atoms with E-state index in [0.717, 1.165) is 66.9 Å². The van der Waals surface area contributed by atoms with E-state index in [1.807, 2.05) is 0 Å². The van der Waals surface area contributed by atoms with Crippen LogP contribution in [0.5, 0.6) is 0 Å². The van der Waals surface area contributed by atoms with Gasteiger partial charge in [-0.3, -0.25) is 0 Å². The summed E-state index contributed by atoms with van der Waals surface area (Å²) >= 11 is 0. The van der Waals surface area contributed by atoms with Crippen molar-refractivity contribution < 1.29 is 4.42 Å². The van der Waals surface area contributed by atoms with Gasteiger partial charge in [-0.05, 0) is 71.3 Å². The highest BCUT2D eigenvalue weighted by Gasteiger charge is 2.25. The third kappa shape index (κ3) is 5.43. The highest BCUT2D eigenvalue weighted by molar-refractivity contribution is 6.18. The zero-order chi connectivity index (χ0) is 37.7. The fourth-order valence-electron chi connectivity index (χ4n) is 8.66. The number of hydrogen-bond donors (Lipinski definition) is 0. The van der Waals surface area contributed by atoms with E-state index < -0.39 is 0 Å². The summed E-state index contributed by atoms with van der Waals surface area (Å²) in [5.74, 6) is 0. The van der Waals surface area contributed by atoms with Gasteiger partial charge in [0, 0.05) is 38.5 Å². The van der Waals surface area contributed by atoms with Gasteiger partial charge in [-0.2, -0.15) is 0 Å². The lowest BCUT2D eigenvalue weighted by Crippen LogP contribution is -2.12. The van der Waals surface area contributed by atoms with Crippen LogP contribution in [0.2, 0.25) is 0 Å². The fourth-order valence-corrected chi connectivity index (χ4v) is 8.66. The molecule has 2 aromatic heterocycles. The summed E-state index contributed by atoms with van der Waals surface area (Å²) in [5, 5.41) is 4.60. The normalized spacial score (nSPS) is 11.5. The number of nitrogens with zero attached hydrogens (tertiary/aromatic N) is 2. The van der Waals surface area contributed by atoms with Crippen LogP contribution in [0.25, 0.3) is 82.8 Å². The lowest BCUT2D eigenvalue weighted by Gasteiger charge is -2.29. The Kier molecular flexibility index (Phi) is 7.82. The molecule has 3 nitrogen and oxygen atoms in total. The van der Waals surface area contributed by atoms with Crippen LogP contribution in [0.15, 0.2) is 223 Å². The van der Waals surface area contributed by atoms with E-state index in [1.165, 1.54) is 32.9 Å². The molecule has 9 aromatic carbocycles. The van der Waals surface area contributed by atoms with Gasteiger partial charge in [-0.25, -0.2) is 0 Å². The zero-order valence-electron chi connectivity index (χ0n) is 31.1. The van der Waals surface area contributed by atoms with E-state index in [4.69, 9.17) is 4.42 Å². The summed E-state index contributed by atoms with van der Waals surface area (Å²) in [7, 11) is 0. The van der Waals surface area contributed by atoms with Gasteiger partial charge in [0.25, 0.3) is 0 Å². The molecule has 11 rings (SSSR count). The van der Waals surface area contributed by atoms with E-state index in [1.54, 1.807) is 0 Å². The number of benzene rings is 9. The maximum absolute atomic E-state index is 7.00. The lowest BCUT2D eigenvalue weighted by molar-refractivity contribution is 0.670. The first-order valence-electron chi connectivity index (χ1n) is 19.4. The first-order valence-corrected chi connectivity index (χ1v) is 19.4. The van der Waals surface area contributed by atoms with Gasteiger partial charge >= 0.3 is 0 Å². The molecule has 57 heavy (non-hydrogen) atoms. The van der Waals surface area contributed by atoms with Crippen LogP contribution in [-0.4, -0.2) is 4.57 Å². The van der Waals surface area contributed by atoms with Crippen LogP contribution in [0.1, 0.15) is 0 Å². The molecule has 0 saturated carbocycles. The van der Waals surface area contributed by atoms with Crippen LogP contribution < -0.4 is 4.90 Å². The maximum Gasteiger partial charge on any atom is 0.145 e. The first-order chi connectivity index (χ1) is 28.3. The van der Waals surface area contributed by atoms with Gasteiger partial charge in [0.15, 0.2) is 0 Å². The van der Waals surface area contributed by atoms with Crippen molar-refractivity contribution in [2.24, 2.45) is 0 Å². The van der Waals surface area contributed by atoms with Crippen molar-refractivity contribution in [2.45, 2.75) is 0 Å². The molecule has 3 heteroatoms. The van der Waals surface area contributed by atoms with Gasteiger partial charge in [0.1, 0.15) is 11.2 Å². The minimum Gasteiger partial charge on any atom is -0.455 e. The second-order valence-corrected chi connectivity index (χ2v) is 14.5. The molecule has 0 unspecified atom stereocenters. The molecule has 0 aliphatic rings. The summed E-state index contributed by atoms with van der Waals surface area (Å²) in [6, 6.07) is 77.9. The smallest absolute Gasteiger partial charge is 0.145 e. The van der Waals surface area contributed by atoms with Crippen molar-refractivity contribution in [3.63, 3.8) is 0 Å². The monoisotopic (exact) mass is 728 g/mol. The fraction of sp³-hybridized carbons (Fsp3) is 0. The Morgan fingerprint density at radius 1 is 0.351 bits per heavy atom. The van der Waals surface area contributed by atoms with E-state index in [-0.39, 0.29) is 0 Å². The molecule has 0 fully saturated rings. The molecule has 0 aliphatic carbocycles. The average molecular weight is 729 g/mol. The van der Waals surface area contributed by atoms with E-state index >= 15 is 0 Å². The highest BCUT2D eigenvalue weighted by atomic mass is 16.3. The Bertz CT molecular complexity index is 3180. The van der Waals surface area contributed by atoms with Crippen molar-refractivity contribution in [1.82, 2.24) is 4.57 Å². The number of anilines is 3. The molecule has 11 aromatic rings. The molecule has 0 atom stereocenters. The molecule has 0 saturated heterocycles. The zero-order valence-corrected chi connectivity index (χ0v) is 31.1. The van der Waals surface area contributed by atoms with Crippen molar-refractivity contribution in [2.75, 3.05) is 4.90 Å².